The zero-order valence-electron chi connectivity index (χ0n) is 20.6. The van der Waals surface area contributed by atoms with Crippen molar-refractivity contribution in [2.75, 3.05) is 12.3 Å². The highest BCUT2D eigenvalue weighted by molar-refractivity contribution is 8.13. The standard InChI is InChI=1S/C26H36N2O6S/c1-18-14-22(30)15-28(18,26(33)34-16-20-10-6-5-7-11-20)25(32)23-13-9-4-3-8-12-21(24(31)27-23)17-35-19(2)29/h5-7,10-11,18,21-23,30H,3-4,8-9,12-17H2,1-2H3/p+1/t18?,21-,22+,23-,28?/m0/s1. The second kappa shape index (κ2) is 12.6. The number of amides is 3. The van der Waals surface area contributed by atoms with Gasteiger partial charge in [0.1, 0.15) is 31.3 Å². The van der Waals surface area contributed by atoms with E-state index in [1.165, 1.54) is 6.92 Å². The van der Waals surface area contributed by atoms with E-state index in [4.69, 9.17) is 4.74 Å². The molecule has 35 heavy (non-hydrogen) atoms. The molecule has 0 spiro atoms. The largest absolute Gasteiger partial charge is 0.524 e. The lowest BCUT2D eigenvalue weighted by atomic mass is 9.96. The van der Waals surface area contributed by atoms with Crippen LogP contribution in [-0.2, 0) is 25.7 Å². The van der Waals surface area contributed by atoms with Crippen LogP contribution >= 0.6 is 11.8 Å². The number of hydrogen-bond donors (Lipinski definition) is 2. The SMILES string of the molecule is CC(=O)SC[C@@H]1CCCCCC[C@@H](C(=O)[N+]2(C(=O)OCc3ccccc3)C[C@H](O)CC2C)NC1=O. The highest BCUT2D eigenvalue weighted by atomic mass is 32.2. The van der Waals surface area contributed by atoms with E-state index in [2.05, 4.69) is 5.32 Å². The summed E-state index contributed by atoms with van der Waals surface area (Å²) < 4.78 is 4.97. The Labute approximate surface area is 211 Å². The summed E-state index contributed by atoms with van der Waals surface area (Å²) in [6.45, 7) is 3.21. The van der Waals surface area contributed by atoms with Crippen molar-refractivity contribution in [3.63, 3.8) is 0 Å². The van der Waals surface area contributed by atoms with Gasteiger partial charge >= 0.3 is 12.0 Å². The highest BCUT2D eigenvalue weighted by Crippen LogP contribution is 2.32. The number of nitrogens with one attached hydrogen (secondary N) is 1. The Morgan fingerprint density at radius 1 is 1.11 bits per heavy atom. The summed E-state index contributed by atoms with van der Waals surface area (Å²) in [6, 6.07) is 7.89. The number of carbonyl (C=O) groups excluding carboxylic acids is 4. The van der Waals surface area contributed by atoms with Gasteiger partial charge in [0, 0.05) is 25.0 Å². The van der Waals surface area contributed by atoms with Crippen molar-refractivity contribution >= 4 is 34.8 Å². The summed E-state index contributed by atoms with van der Waals surface area (Å²) in [5.74, 6) is -0.699. The van der Waals surface area contributed by atoms with Crippen LogP contribution in [0.25, 0.3) is 0 Å². The minimum Gasteiger partial charge on any atom is -0.415 e. The predicted molar refractivity (Wildman–Crippen MR) is 133 cm³/mol. The fraction of sp³-hybridized carbons (Fsp3) is 0.615. The van der Waals surface area contributed by atoms with Crippen LogP contribution in [0.2, 0.25) is 0 Å². The molecule has 2 unspecified atom stereocenters. The molecule has 8 nitrogen and oxygen atoms in total. The van der Waals surface area contributed by atoms with Gasteiger partial charge in [-0.25, -0.2) is 4.79 Å². The topological polar surface area (TPSA) is 110 Å². The van der Waals surface area contributed by atoms with Crippen LogP contribution in [0.15, 0.2) is 30.3 Å². The molecule has 0 radical (unpaired) electrons. The number of hydrogen-bond acceptors (Lipinski definition) is 7. The maximum Gasteiger partial charge on any atom is 0.524 e. The summed E-state index contributed by atoms with van der Waals surface area (Å²) in [6.07, 6.45) is 3.37. The van der Waals surface area contributed by atoms with Gasteiger partial charge in [0.15, 0.2) is 5.12 Å². The van der Waals surface area contributed by atoms with Crippen LogP contribution in [0.3, 0.4) is 0 Å². The fourth-order valence-electron chi connectivity index (χ4n) is 5.07. The monoisotopic (exact) mass is 505 g/mol. The number of quaternary nitrogens is 1. The summed E-state index contributed by atoms with van der Waals surface area (Å²) in [4.78, 5) is 52.1. The number of likely N-dealkylation sites (tertiary alicyclic amines) is 1. The van der Waals surface area contributed by atoms with E-state index in [9.17, 15) is 24.3 Å². The molecular weight excluding hydrogens is 468 g/mol. The lowest BCUT2D eigenvalue weighted by molar-refractivity contribution is -0.795. The number of aliphatic hydroxyl groups is 1. The van der Waals surface area contributed by atoms with Crippen molar-refractivity contribution in [3.8, 4) is 0 Å². The fourth-order valence-corrected chi connectivity index (χ4v) is 5.83. The average molecular weight is 506 g/mol. The van der Waals surface area contributed by atoms with E-state index >= 15 is 0 Å². The van der Waals surface area contributed by atoms with Crippen molar-refractivity contribution in [1.82, 2.24) is 5.32 Å². The lowest BCUT2D eigenvalue weighted by Gasteiger charge is -2.35. The van der Waals surface area contributed by atoms with Gasteiger partial charge in [-0.2, -0.15) is 9.28 Å². The van der Waals surface area contributed by atoms with Crippen molar-refractivity contribution in [2.45, 2.75) is 83.6 Å². The van der Waals surface area contributed by atoms with Crippen LogP contribution in [0.1, 0.15) is 64.4 Å². The first-order valence-electron chi connectivity index (χ1n) is 12.5. The first-order chi connectivity index (χ1) is 16.7. The molecule has 0 aromatic heterocycles. The van der Waals surface area contributed by atoms with Gasteiger partial charge in [0.2, 0.25) is 5.91 Å². The second-order valence-electron chi connectivity index (χ2n) is 9.72. The van der Waals surface area contributed by atoms with Gasteiger partial charge < -0.3 is 15.2 Å². The number of rotatable bonds is 5. The first-order valence-corrected chi connectivity index (χ1v) is 13.5. The maximum absolute atomic E-state index is 14.0. The normalized spacial score (nSPS) is 29.7. The Kier molecular flexibility index (Phi) is 9.89. The zero-order chi connectivity index (χ0) is 25.4. The Balaban J connectivity index is 1.82. The van der Waals surface area contributed by atoms with Crippen LogP contribution in [-0.4, -0.2) is 63.1 Å². The van der Waals surface area contributed by atoms with Gasteiger partial charge in [0.25, 0.3) is 0 Å². The van der Waals surface area contributed by atoms with Gasteiger partial charge in [-0.05, 0) is 25.3 Å². The molecule has 5 atom stereocenters. The summed E-state index contributed by atoms with van der Waals surface area (Å²) in [5, 5.41) is 13.3. The van der Waals surface area contributed by atoms with E-state index < -0.39 is 34.7 Å². The van der Waals surface area contributed by atoms with Crippen LogP contribution in [0.4, 0.5) is 4.79 Å². The van der Waals surface area contributed by atoms with E-state index in [1.807, 2.05) is 30.3 Å². The van der Waals surface area contributed by atoms with Crippen molar-refractivity contribution in [2.24, 2.45) is 5.92 Å². The van der Waals surface area contributed by atoms with Crippen LogP contribution in [0.5, 0.6) is 0 Å². The third-order valence-electron chi connectivity index (χ3n) is 7.06. The third-order valence-corrected chi connectivity index (χ3v) is 8.03. The Morgan fingerprint density at radius 3 is 2.43 bits per heavy atom. The molecule has 192 valence electrons. The third kappa shape index (κ3) is 6.92. The molecule has 1 aromatic carbocycles. The molecule has 2 N–H and O–H groups in total. The molecule has 2 fully saturated rings. The van der Waals surface area contributed by atoms with Crippen molar-refractivity contribution in [3.05, 3.63) is 35.9 Å². The second-order valence-corrected chi connectivity index (χ2v) is 10.9. The first kappa shape index (κ1) is 27.4. The molecule has 0 saturated carbocycles. The Bertz CT molecular complexity index is 910. The van der Waals surface area contributed by atoms with Crippen LogP contribution in [0, 0.1) is 5.92 Å². The van der Waals surface area contributed by atoms with E-state index in [0.717, 1.165) is 43.0 Å². The number of imide groups is 1. The Morgan fingerprint density at radius 2 is 1.80 bits per heavy atom. The number of nitrogens with zero attached hydrogens (tertiary/aromatic N) is 1. The quantitative estimate of drug-likeness (QED) is 0.589. The molecule has 2 heterocycles. The number of ether oxygens (including phenoxy) is 1. The molecule has 0 aliphatic carbocycles. The van der Waals surface area contributed by atoms with Gasteiger partial charge in [-0.1, -0.05) is 67.8 Å². The number of carbonyl (C=O) groups is 4. The molecule has 1 aromatic rings. The van der Waals surface area contributed by atoms with Crippen LogP contribution < -0.4 is 5.32 Å². The van der Waals surface area contributed by atoms with Crippen molar-refractivity contribution in [1.29, 1.82) is 0 Å². The highest BCUT2D eigenvalue weighted by Gasteiger charge is 2.59. The van der Waals surface area contributed by atoms with E-state index in [1.54, 1.807) is 6.92 Å². The Hall–Kier alpha value is -2.23. The molecular formula is C26H37N2O6S+. The summed E-state index contributed by atoms with van der Waals surface area (Å²) in [5.41, 5.74) is 0.802. The molecule has 2 aliphatic rings. The lowest BCUT2D eigenvalue weighted by Crippen LogP contribution is -2.65. The van der Waals surface area contributed by atoms with E-state index in [0.29, 0.717) is 25.0 Å². The predicted octanol–water partition coefficient (Wildman–Crippen LogP) is 3.55. The summed E-state index contributed by atoms with van der Waals surface area (Å²) >= 11 is 1.12. The van der Waals surface area contributed by atoms with Gasteiger partial charge in [-0.3, -0.25) is 9.59 Å². The van der Waals surface area contributed by atoms with E-state index in [-0.39, 0.29) is 30.1 Å². The minimum atomic E-state index is -0.859. The van der Waals surface area contributed by atoms with Crippen molar-refractivity contribution < 1.29 is 33.5 Å². The molecule has 9 heteroatoms. The molecule has 2 aliphatic heterocycles. The zero-order valence-corrected chi connectivity index (χ0v) is 21.4. The molecule has 3 rings (SSSR count). The smallest absolute Gasteiger partial charge is 0.415 e. The molecule has 2 saturated heterocycles. The molecule has 3 amide bonds. The minimum absolute atomic E-state index is 0.0249. The maximum atomic E-state index is 14.0. The number of thioether (sulfide) groups is 1. The summed E-state index contributed by atoms with van der Waals surface area (Å²) in [7, 11) is 0. The number of aliphatic hydroxyl groups excluding tert-OH is 1. The van der Waals surface area contributed by atoms with Gasteiger partial charge in [0.05, 0.1) is 0 Å². The average Bonchev–Trinajstić information content (AvgIpc) is 3.15. The molecule has 0 bridgehead atoms. The van der Waals surface area contributed by atoms with Gasteiger partial charge in [-0.15, -0.1) is 0 Å². The number of benzene rings is 1.